The summed E-state index contributed by atoms with van der Waals surface area (Å²) < 4.78 is 19.2. The van der Waals surface area contributed by atoms with E-state index >= 15 is 0 Å². The molecule has 0 fully saturated rings. The van der Waals surface area contributed by atoms with Gasteiger partial charge in [0.1, 0.15) is 11.1 Å². The molecule has 0 bridgehead atoms. The Morgan fingerprint density at radius 3 is 2.63 bits per heavy atom. The predicted octanol–water partition coefficient (Wildman–Crippen LogP) is 4.75. The molecule has 0 radical (unpaired) electrons. The molecule has 0 aliphatic carbocycles. The van der Waals surface area contributed by atoms with Gasteiger partial charge in [-0.3, -0.25) is 14.3 Å². The third-order valence-electron chi connectivity index (χ3n) is 6.68. The van der Waals surface area contributed by atoms with Crippen molar-refractivity contribution in [3.8, 4) is 22.6 Å². The van der Waals surface area contributed by atoms with Crippen molar-refractivity contribution in [2.45, 2.75) is 26.8 Å². The standard InChI is InChI=1S/C26H20N4O5/c1-11(2)30-25-16(9-27-30)21(24-22(29-25)14-4-5-18(31)12(3)23(14)35-24)15-6-13-7-19-20(34-10-33-19)8-17(13)28-26(15)32/h4-9,11,27H,10H2,1-3H3,(H,28,32). The van der Waals surface area contributed by atoms with Crippen LogP contribution in [0.4, 0.5) is 0 Å². The van der Waals surface area contributed by atoms with Crippen molar-refractivity contribution in [2.75, 3.05) is 6.79 Å². The van der Waals surface area contributed by atoms with Crippen molar-refractivity contribution in [3.63, 3.8) is 0 Å². The molecule has 35 heavy (non-hydrogen) atoms. The van der Waals surface area contributed by atoms with Gasteiger partial charge < -0.3 is 24.0 Å². The summed E-state index contributed by atoms with van der Waals surface area (Å²) in [6.45, 7) is 5.98. The number of aromatic nitrogens is 4. The number of aryl methyl sites for hydroxylation is 1. The lowest BCUT2D eigenvalue weighted by atomic mass is 10.0. The van der Waals surface area contributed by atoms with Crippen molar-refractivity contribution >= 4 is 44.0 Å². The molecule has 6 aromatic rings. The van der Waals surface area contributed by atoms with Gasteiger partial charge in [-0.1, -0.05) is 0 Å². The Hall–Kier alpha value is -4.53. The molecule has 0 saturated heterocycles. The molecule has 1 aliphatic rings. The van der Waals surface area contributed by atoms with Crippen LogP contribution in [0.25, 0.3) is 55.1 Å². The van der Waals surface area contributed by atoms with Crippen LogP contribution in [0.15, 0.2) is 50.5 Å². The first-order chi connectivity index (χ1) is 16.9. The molecule has 2 aromatic carbocycles. The average molecular weight is 468 g/mol. The first-order valence-electron chi connectivity index (χ1n) is 11.3. The lowest BCUT2D eigenvalue weighted by Crippen LogP contribution is -2.09. The van der Waals surface area contributed by atoms with Crippen molar-refractivity contribution in [1.82, 2.24) is 19.7 Å². The predicted molar refractivity (Wildman–Crippen MR) is 132 cm³/mol. The molecule has 0 saturated carbocycles. The van der Waals surface area contributed by atoms with E-state index in [9.17, 15) is 9.59 Å². The van der Waals surface area contributed by atoms with E-state index in [0.717, 1.165) is 16.2 Å². The van der Waals surface area contributed by atoms with Crippen molar-refractivity contribution < 1.29 is 13.9 Å². The van der Waals surface area contributed by atoms with E-state index in [1.54, 1.807) is 19.1 Å². The number of nitrogens with zero attached hydrogens (tertiary/aromatic N) is 2. The Kier molecular flexibility index (Phi) is 3.84. The summed E-state index contributed by atoms with van der Waals surface area (Å²) >= 11 is 0. The first kappa shape index (κ1) is 19.9. The zero-order chi connectivity index (χ0) is 24.0. The minimum atomic E-state index is -0.274. The zero-order valence-corrected chi connectivity index (χ0v) is 19.2. The highest BCUT2D eigenvalue weighted by atomic mass is 16.7. The fraction of sp³-hybridized carbons (Fsp3) is 0.192. The van der Waals surface area contributed by atoms with Gasteiger partial charge in [0.05, 0.1) is 11.1 Å². The van der Waals surface area contributed by atoms with Gasteiger partial charge >= 0.3 is 0 Å². The van der Waals surface area contributed by atoms with Crippen LogP contribution in [-0.2, 0) is 0 Å². The van der Waals surface area contributed by atoms with Gasteiger partial charge in [-0.05, 0) is 45.0 Å². The molecule has 5 heterocycles. The lowest BCUT2D eigenvalue weighted by Gasteiger charge is -2.10. The van der Waals surface area contributed by atoms with Gasteiger partial charge in [-0.2, -0.15) is 0 Å². The fourth-order valence-electron chi connectivity index (χ4n) is 4.90. The van der Waals surface area contributed by atoms with Crippen LogP contribution in [-0.4, -0.2) is 26.5 Å². The summed E-state index contributed by atoms with van der Waals surface area (Å²) in [5.74, 6) is 1.22. The number of ether oxygens (including phenoxy) is 2. The second-order valence-electron chi connectivity index (χ2n) is 9.11. The van der Waals surface area contributed by atoms with Gasteiger partial charge in [0.15, 0.2) is 28.2 Å². The van der Waals surface area contributed by atoms with Crippen LogP contribution in [0.1, 0.15) is 25.5 Å². The number of H-pyrrole nitrogens is 2. The number of rotatable bonds is 2. The summed E-state index contributed by atoms with van der Waals surface area (Å²) in [5.41, 5.74) is 4.06. The zero-order valence-electron chi connectivity index (χ0n) is 19.2. The maximum atomic E-state index is 13.4. The number of furan rings is 1. The van der Waals surface area contributed by atoms with Crippen molar-refractivity contribution in [3.05, 3.63) is 62.7 Å². The average Bonchev–Trinajstić information content (AvgIpc) is 3.55. The topological polar surface area (TPSA) is 115 Å². The van der Waals surface area contributed by atoms with E-state index in [4.69, 9.17) is 18.9 Å². The highest BCUT2D eigenvalue weighted by Crippen LogP contribution is 2.41. The van der Waals surface area contributed by atoms with E-state index in [-0.39, 0.29) is 23.8 Å². The normalized spacial score (nSPS) is 13.3. The summed E-state index contributed by atoms with van der Waals surface area (Å²) in [6.07, 6.45) is 1.83. The SMILES string of the molecule is Cc1c(=O)ccc2c1oc1c(-c3cc4cc5c(cc4[nH]c3=O)OCO5)c3c[nH]n(C(C)C)c3nc12. The third kappa shape index (κ3) is 2.66. The van der Waals surface area contributed by atoms with Gasteiger partial charge in [0, 0.05) is 45.6 Å². The van der Waals surface area contributed by atoms with Gasteiger partial charge in [-0.15, -0.1) is 0 Å². The summed E-state index contributed by atoms with van der Waals surface area (Å²) in [7, 11) is 0. The number of nitrogens with one attached hydrogen (secondary N) is 2. The highest BCUT2D eigenvalue weighted by Gasteiger charge is 2.24. The molecule has 9 heteroatoms. The van der Waals surface area contributed by atoms with Crippen LogP contribution in [0.2, 0.25) is 0 Å². The Bertz CT molecular complexity index is 1970. The summed E-state index contributed by atoms with van der Waals surface area (Å²) in [4.78, 5) is 33.7. The monoisotopic (exact) mass is 468 g/mol. The quantitative estimate of drug-likeness (QED) is 0.379. The number of hydrogen-bond acceptors (Lipinski definition) is 6. The Balaban J connectivity index is 1.65. The lowest BCUT2D eigenvalue weighted by molar-refractivity contribution is 0.174. The van der Waals surface area contributed by atoms with Gasteiger partial charge in [-0.25, -0.2) is 4.98 Å². The second-order valence-corrected chi connectivity index (χ2v) is 9.11. The molecule has 0 amide bonds. The third-order valence-corrected chi connectivity index (χ3v) is 6.68. The smallest absolute Gasteiger partial charge is 0.256 e. The maximum Gasteiger partial charge on any atom is 0.256 e. The minimum absolute atomic E-state index is 0.105. The Morgan fingerprint density at radius 2 is 1.83 bits per heavy atom. The fourth-order valence-corrected chi connectivity index (χ4v) is 4.90. The number of hydrogen-bond donors (Lipinski definition) is 2. The Morgan fingerprint density at radius 1 is 1.03 bits per heavy atom. The van der Waals surface area contributed by atoms with Crippen molar-refractivity contribution in [1.29, 1.82) is 0 Å². The second kappa shape index (κ2) is 6.75. The van der Waals surface area contributed by atoms with E-state index in [0.29, 0.717) is 56.0 Å². The molecule has 0 spiro atoms. The van der Waals surface area contributed by atoms with Crippen LogP contribution >= 0.6 is 0 Å². The largest absolute Gasteiger partial charge is 0.454 e. The highest BCUT2D eigenvalue weighted by molar-refractivity contribution is 6.15. The number of pyridine rings is 2. The van der Waals surface area contributed by atoms with Crippen LogP contribution in [0.3, 0.4) is 0 Å². The summed E-state index contributed by atoms with van der Waals surface area (Å²) in [6, 6.07) is 8.81. The number of aromatic amines is 2. The first-order valence-corrected chi connectivity index (χ1v) is 11.3. The maximum absolute atomic E-state index is 13.4. The molecule has 9 nitrogen and oxygen atoms in total. The number of benzene rings is 2. The van der Waals surface area contributed by atoms with Crippen LogP contribution in [0, 0.1) is 6.92 Å². The summed E-state index contributed by atoms with van der Waals surface area (Å²) in [5, 5.41) is 5.54. The molecular weight excluding hydrogens is 448 g/mol. The Labute approximate surface area is 196 Å². The van der Waals surface area contributed by atoms with Gasteiger partial charge in [0.25, 0.3) is 5.56 Å². The van der Waals surface area contributed by atoms with Gasteiger partial charge in [0.2, 0.25) is 6.79 Å². The molecule has 4 aromatic heterocycles. The van der Waals surface area contributed by atoms with Crippen molar-refractivity contribution in [2.24, 2.45) is 0 Å². The minimum Gasteiger partial charge on any atom is -0.454 e. The molecule has 0 atom stereocenters. The molecule has 174 valence electrons. The molecular formula is C26H20N4O5. The van der Waals surface area contributed by atoms with E-state index in [1.807, 2.05) is 36.9 Å². The molecule has 1 aliphatic heterocycles. The van der Waals surface area contributed by atoms with E-state index < -0.39 is 0 Å². The molecule has 7 rings (SSSR count). The number of fused-ring (bicyclic) bond motifs is 6. The van der Waals surface area contributed by atoms with Crippen LogP contribution < -0.4 is 20.5 Å². The molecule has 2 N–H and O–H groups in total. The van der Waals surface area contributed by atoms with E-state index in [1.165, 1.54) is 6.07 Å². The van der Waals surface area contributed by atoms with Crippen LogP contribution in [0.5, 0.6) is 11.5 Å². The molecule has 0 unspecified atom stereocenters. The van der Waals surface area contributed by atoms with E-state index in [2.05, 4.69) is 10.1 Å².